The minimum atomic E-state index is -0.185. The van der Waals surface area contributed by atoms with Crippen LogP contribution < -0.4 is 4.90 Å². The summed E-state index contributed by atoms with van der Waals surface area (Å²) < 4.78 is 11.2. The molecule has 0 saturated carbocycles. The van der Waals surface area contributed by atoms with Crippen molar-refractivity contribution in [2.24, 2.45) is 5.92 Å². The van der Waals surface area contributed by atoms with E-state index in [4.69, 9.17) is 9.47 Å². The molecule has 2 fully saturated rings. The van der Waals surface area contributed by atoms with Crippen LogP contribution in [0.4, 0.5) is 5.69 Å². The van der Waals surface area contributed by atoms with Gasteiger partial charge in [0.05, 0.1) is 0 Å². The van der Waals surface area contributed by atoms with E-state index in [1.54, 1.807) is 6.08 Å². The lowest BCUT2D eigenvalue weighted by Gasteiger charge is -2.37. The van der Waals surface area contributed by atoms with Gasteiger partial charge in [0.25, 0.3) is 0 Å². The lowest BCUT2D eigenvalue weighted by molar-refractivity contribution is -0.117. The molecule has 35 heavy (non-hydrogen) atoms. The SMILES string of the molecule is CCN(c1cc(C2CCOCC2)cc(C(=O)CCC2C(=O)C=C(C)C=C2C)c1C)C1CCOCC1. The number of ketones is 2. The van der Waals surface area contributed by atoms with E-state index < -0.39 is 0 Å². The van der Waals surface area contributed by atoms with E-state index in [9.17, 15) is 9.59 Å². The highest BCUT2D eigenvalue weighted by Gasteiger charge is 2.28. The van der Waals surface area contributed by atoms with Crippen molar-refractivity contribution in [3.05, 3.63) is 52.1 Å². The second-order valence-corrected chi connectivity index (χ2v) is 10.4. The lowest BCUT2D eigenvalue weighted by Crippen LogP contribution is -2.40. The van der Waals surface area contributed by atoms with Gasteiger partial charge in [0.1, 0.15) is 0 Å². The van der Waals surface area contributed by atoms with E-state index in [1.807, 2.05) is 13.8 Å². The summed E-state index contributed by atoms with van der Waals surface area (Å²) in [6.07, 6.45) is 8.74. The van der Waals surface area contributed by atoms with Crippen LogP contribution in [0.3, 0.4) is 0 Å². The first-order chi connectivity index (χ1) is 16.9. The first kappa shape index (κ1) is 25.8. The summed E-state index contributed by atoms with van der Waals surface area (Å²) in [4.78, 5) is 28.7. The fourth-order valence-corrected chi connectivity index (χ4v) is 6.03. The van der Waals surface area contributed by atoms with Crippen molar-refractivity contribution in [3.63, 3.8) is 0 Å². The molecule has 4 rings (SSSR count). The van der Waals surface area contributed by atoms with Crippen LogP contribution >= 0.6 is 0 Å². The number of rotatable bonds is 8. The number of benzene rings is 1. The Bertz CT molecular complexity index is 996. The Morgan fingerprint density at radius 2 is 1.63 bits per heavy atom. The second kappa shape index (κ2) is 11.7. The van der Waals surface area contributed by atoms with Crippen molar-refractivity contribution in [2.45, 2.75) is 78.2 Å². The van der Waals surface area contributed by atoms with Crippen LogP contribution in [0, 0.1) is 12.8 Å². The number of carbonyl (C=O) groups excluding carboxylic acids is 2. The van der Waals surface area contributed by atoms with Crippen LogP contribution in [0.2, 0.25) is 0 Å². The Labute approximate surface area is 210 Å². The van der Waals surface area contributed by atoms with Crippen LogP contribution in [0.1, 0.15) is 86.7 Å². The molecule has 190 valence electrons. The van der Waals surface area contributed by atoms with Gasteiger partial charge < -0.3 is 14.4 Å². The summed E-state index contributed by atoms with van der Waals surface area (Å²) in [5.41, 5.74) is 6.39. The minimum absolute atomic E-state index is 0.125. The molecule has 1 unspecified atom stereocenters. The number of hydrogen-bond donors (Lipinski definition) is 0. The van der Waals surface area contributed by atoms with Crippen molar-refractivity contribution >= 4 is 17.3 Å². The molecule has 0 amide bonds. The van der Waals surface area contributed by atoms with Crippen LogP contribution in [0.15, 0.2) is 35.4 Å². The zero-order chi connectivity index (χ0) is 24.9. The highest BCUT2D eigenvalue weighted by Crippen LogP contribution is 2.36. The third kappa shape index (κ3) is 5.95. The van der Waals surface area contributed by atoms with Crippen molar-refractivity contribution in [2.75, 3.05) is 37.9 Å². The van der Waals surface area contributed by atoms with Crippen LogP contribution in [0.25, 0.3) is 0 Å². The van der Waals surface area contributed by atoms with E-state index in [2.05, 4.69) is 37.0 Å². The van der Waals surface area contributed by atoms with Gasteiger partial charge in [-0.1, -0.05) is 11.6 Å². The third-order valence-corrected chi connectivity index (χ3v) is 8.06. The van der Waals surface area contributed by atoms with E-state index >= 15 is 0 Å². The molecule has 1 aromatic rings. The molecule has 2 heterocycles. The number of nitrogens with zero attached hydrogens (tertiary/aromatic N) is 1. The Balaban J connectivity index is 1.63. The van der Waals surface area contributed by atoms with Gasteiger partial charge in [0.15, 0.2) is 11.6 Å². The maximum absolute atomic E-state index is 13.7. The van der Waals surface area contributed by atoms with Gasteiger partial charge in [-0.15, -0.1) is 0 Å². The van der Waals surface area contributed by atoms with Crippen LogP contribution in [-0.4, -0.2) is 50.6 Å². The molecule has 1 atom stereocenters. The first-order valence-corrected chi connectivity index (χ1v) is 13.4. The number of anilines is 1. The number of carbonyl (C=O) groups is 2. The standard InChI is InChI=1S/C30H41NO4/c1-5-31(25-10-14-35-15-11-25)28-19-24(23-8-12-34-13-9-23)18-27(22(28)4)29(32)7-6-26-21(3)16-20(2)17-30(26)33/h16-19,23,25-26H,5-15H2,1-4H3. The van der Waals surface area contributed by atoms with Crippen LogP contribution in [-0.2, 0) is 14.3 Å². The number of ether oxygens (including phenoxy) is 2. The molecule has 5 nitrogen and oxygen atoms in total. The first-order valence-electron chi connectivity index (χ1n) is 13.4. The van der Waals surface area contributed by atoms with Crippen molar-refractivity contribution < 1.29 is 19.1 Å². The maximum atomic E-state index is 13.7. The smallest absolute Gasteiger partial charge is 0.163 e. The average Bonchev–Trinajstić information content (AvgIpc) is 2.86. The van der Waals surface area contributed by atoms with E-state index in [-0.39, 0.29) is 17.5 Å². The zero-order valence-electron chi connectivity index (χ0n) is 21.9. The fraction of sp³-hybridized carbons (Fsp3) is 0.600. The van der Waals surface area contributed by atoms with Crippen molar-refractivity contribution in [1.29, 1.82) is 0 Å². The largest absolute Gasteiger partial charge is 0.381 e. The van der Waals surface area contributed by atoms with Crippen molar-refractivity contribution in [3.8, 4) is 0 Å². The molecule has 1 aromatic carbocycles. The molecule has 0 bridgehead atoms. The Kier molecular flexibility index (Phi) is 8.61. The molecule has 5 heteroatoms. The molecule has 2 aliphatic heterocycles. The monoisotopic (exact) mass is 479 g/mol. The summed E-state index contributed by atoms with van der Waals surface area (Å²) in [7, 11) is 0. The molecule has 3 aliphatic rings. The Hall–Kier alpha value is -2.24. The van der Waals surface area contributed by atoms with Crippen LogP contribution in [0.5, 0.6) is 0 Å². The quantitative estimate of drug-likeness (QED) is 0.431. The highest BCUT2D eigenvalue weighted by atomic mass is 16.5. The maximum Gasteiger partial charge on any atom is 0.163 e. The topological polar surface area (TPSA) is 55.8 Å². The molecule has 2 saturated heterocycles. The van der Waals surface area contributed by atoms with Gasteiger partial charge >= 0.3 is 0 Å². The summed E-state index contributed by atoms with van der Waals surface area (Å²) in [6, 6.07) is 4.92. The highest BCUT2D eigenvalue weighted by molar-refractivity contribution is 6.00. The van der Waals surface area contributed by atoms with Gasteiger partial charge in [0.2, 0.25) is 0 Å². The van der Waals surface area contributed by atoms with E-state index in [1.165, 1.54) is 11.3 Å². The van der Waals surface area contributed by atoms with Gasteiger partial charge in [-0.3, -0.25) is 9.59 Å². The molecule has 0 spiro atoms. The van der Waals surface area contributed by atoms with Gasteiger partial charge in [0, 0.05) is 62.6 Å². The zero-order valence-corrected chi connectivity index (χ0v) is 21.9. The fourth-order valence-electron chi connectivity index (χ4n) is 6.03. The predicted octanol–water partition coefficient (Wildman–Crippen LogP) is 5.95. The summed E-state index contributed by atoms with van der Waals surface area (Å²) in [5.74, 6) is 0.504. The molecule has 0 radical (unpaired) electrons. The third-order valence-electron chi connectivity index (χ3n) is 8.06. The summed E-state index contributed by atoms with van der Waals surface area (Å²) in [5, 5.41) is 0. The Morgan fingerprint density at radius 3 is 2.26 bits per heavy atom. The summed E-state index contributed by atoms with van der Waals surface area (Å²) >= 11 is 0. The van der Waals surface area contributed by atoms with Crippen molar-refractivity contribution in [1.82, 2.24) is 0 Å². The summed E-state index contributed by atoms with van der Waals surface area (Å²) in [6.45, 7) is 12.3. The molecular formula is C30H41NO4. The number of Topliss-reactive ketones (excluding diaryl/α,β-unsaturated/α-hetero) is 1. The van der Waals surface area contributed by atoms with Gasteiger partial charge in [-0.2, -0.15) is 0 Å². The second-order valence-electron chi connectivity index (χ2n) is 10.4. The molecule has 0 aromatic heterocycles. The van der Waals surface area contributed by atoms with Gasteiger partial charge in [-0.05, 0) is 101 Å². The molecular weight excluding hydrogens is 438 g/mol. The minimum Gasteiger partial charge on any atom is -0.381 e. The number of hydrogen-bond acceptors (Lipinski definition) is 5. The Morgan fingerprint density at radius 1 is 0.971 bits per heavy atom. The molecule has 0 N–H and O–H groups in total. The lowest BCUT2D eigenvalue weighted by atomic mass is 9.83. The predicted molar refractivity (Wildman–Crippen MR) is 140 cm³/mol. The average molecular weight is 480 g/mol. The molecule has 1 aliphatic carbocycles. The normalized spacial score (nSPS) is 22.1. The van der Waals surface area contributed by atoms with E-state index in [0.717, 1.165) is 80.9 Å². The number of allylic oxidation sites excluding steroid dienone is 4. The van der Waals surface area contributed by atoms with E-state index in [0.29, 0.717) is 24.8 Å². The van der Waals surface area contributed by atoms with Gasteiger partial charge in [-0.25, -0.2) is 0 Å².